The molecular weight excluding hydrogens is 468 g/mol. The van der Waals surface area contributed by atoms with Crippen LogP contribution in [0.2, 0.25) is 0 Å². The molecular formula is C28H29F2NO5. The van der Waals surface area contributed by atoms with Gasteiger partial charge < -0.3 is 19.5 Å². The van der Waals surface area contributed by atoms with Gasteiger partial charge in [0.2, 0.25) is 5.91 Å². The van der Waals surface area contributed by atoms with E-state index in [2.05, 4.69) is 0 Å². The molecule has 0 spiro atoms. The lowest BCUT2D eigenvalue weighted by atomic mass is 9.94. The van der Waals surface area contributed by atoms with E-state index in [4.69, 9.17) is 9.47 Å². The van der Waals surface area contributed by atoms with Crippen LogP contribution >= 0.6 is 0 Å². The SMILES string of the molecule is COc1cc(F)c(F)cc1-c1ccc(OCc2cccc(CN(CC(=O)O)C(=O)C(C)(C)C)c2)cc1. The quantitative estimate of drug-likeness (QED) is 0.412. The molecule has 0 saturated carbocycles. The molecule has 0 saturated heterocycles. The highest BCUT2D eigenvalue weighted by Crippen LogP contribution is 2.33. The molecule has 0 fully saturated rings. The van der Waals surface area contributed by atoms with Crippen LogP contribution in [0.3, 0.4) is 0 Å². The number of carbonyl (C=O) groups is 2. The third kappa shape index (κ3) is 6.81. The lowest BCUT2D eigenvalue weighted by Gasteiger charge is -2.28. The average Bonchev–Trinajstić information content (AvgIpc) is 2.83. The van der Waals surface area contributed by atoms with Crippen molar-refractivity contribution >= 4 is 11.9 Å². The first-order valence-corrected chi connectivity index (χ1v) is 11.3. The van der Waals surface area contributed by atoms with Gasteiger partial charge in [0.15, 0.2) is 11.6 Å². The number of rotatable bonds is 9. The standard InChI is InChI=1S/C28H29F2NO5/c1-28(2,3)27(34)31(16-26(32)33)15-18-6-5-7-19(12-18)17-36-21-10-8-20(9-11-21)22-13-23(29)24(30)14-25(22)35-4/h5-14H,15-17H2,1-4H3,(H,32,33). The van der Waals surface area contributed by atoms with Gasteiger partial charge >= 0.3 is 5.97 Å². The fourth-order valence-corrected chi connectivity index (χ4v) is 3.70. The summed E-state index contributed by atoms with van der Waals surface area (Å²) in [5.74, 6) is -2.47. The zero-order valence-corrected chi connectivity index (χ0v) is 20.7. The summed E-state index contributed by atoms with van der Waals surface area (Å²) in [4.78, 5) is 25.3. The van der Waals surface area contributed by atoms with Crippen molar-refractivity contribution in [3.8, 4) is 22.6 Å². The van der Waals surface area contributed by atoms with Crippen LogP contribution in [-0.2, 0) is 22.7 Å². The highest BCUT2D eigenvalue weighted by Gasteiger charge is 2.28. The molecule has 1 N–H and O–H groups in total. The molecule has 3 aromatic carbocycles. The minimum Gasteiger partial charge on any atom is -0.496 e. The number of carboxylic acid groups (broad SMARTS) is 1. The number of benzene rings is 3. The first-order valence-electron chi connectivity index (χ1n) is 11.3. The number of methoxy groups -OCH3 is 1. The average molecular weight is 498 g/mol. The molecule has 0 unspecified atom stereocenters. The number of ether oxygens (including phenoxy) is 2. The van der Waals surface area contributed by atoms with Crippen LogP contribution in [-0.4, -0.2) is 35.5 Å². The number of amides is 1. The Labute approximate surface area is 209 Å². The van der Waals surface area contributed by atoms with Crippen molar-refractivity contribution in [1.29, 1.82) is 0 Å². The number of carboxylic acids is 1. The summed E-state index contributed by atoms with van der Waals surface area (Å²) in [5.41, 5.74) is 1.99. The van der Waals surface area contributed by atoms with E-state index in [0.717, 1.165) is 23.3 Å². The number of hydrogen-bond acceptors (Lipinski definition) is 4. The van der Waals surface area contributed by atoms with Gasteiger partial charge in [0.25, 0.3) is 0 Å². The van der Waals surface area contributed by atoms with Gasteiger partial charge in [-0.2, -0.15) is 0 Å². The lowest BCUT2D eigenvalue weighted by Crippen LogP contribution is -2.41. The van der Waals surface area contributed by atoms with Gasteiger partial charge in [0.05, 0.1) is 7.11 Å². The van der Waals surface area contributed by atoms with Crippen LogP contribution in [0.1, 0.15) is 31.9 Å². The predicted molar refractivity (Wildman–Crippen MR) is 132 cm³/mol. The molecule has 0 aromatic heterocycles. The number of halogens is 2. The molecule has 0 atom stereocenters. The van der Waals surface area contributed by atoms with Gasteiger partial charge in [-0.25, -0.2) is 8.78 Å². The van der Waals surface area contributed by atoms with Gasteiger partial charge in [0.1, 0.15) is 24.7 Å². The number of carbonyl (C=O) groups excluding carboxylic acids is 1. The zero-order valence-electron chi connectivity index (χ0n) is 20.7. The van der Waals surface area contributed by atoms with Gasteiger partial charge in [-0.3, -0.25) is 9.59 Å². The van der Waals surface area contributed by atoms with Crippen LogP contribution in [0, 0.1) is 17.0 Å². The van der Waals surface area contributed by atoms with Gasteiger partial charge in [-0.05, 0) is 34.9 Å². The topological polar surface area (TPSA) is 76.1 Å². The molecule has 0 bridgehead atoms. The molecule has 0 aliphatic heterocycles. The Balaban J connectivity index is 1.70. The van der Waals surface area contributed by atoms with E-state index in [1.165, 1.54) is 12.0 Å². The normalized spacial score (nSPS) is 11.2. The Hall–Kier alpha value is -3.94. The molecule has 190 valence electrons. The van der Waals surface area contributed by atoms with Crippen molar-refractivity contribution in [2.45, 2.75) is 33.9 Å². The van der Waals surface area contributed by atoms with Crippen molar-refractivity contribution in [3.05, 3.63) is 83.4 Å². The van der Waals surface area contributed by atoms with E-state index < -0.39 is 23.0 Å². The fourth-order valence-electron chi connectivity index (χ4n) is 3.70. The summed E-state index contributed by atoms with van der Waals surface area (Å²) in [6, 6.07) is 16.4. The molecule has 0 heterocycles. The monoisotopic (exact) mass is 497 g/mol. The highest BCUT2D eigenvalue weighted by atomic mass is 19.2. The molecule has 6 nitrogen and oxygen atoms in total. The van der Waals surface area contributed by atoms with E-state index in [-0.39, 0.29) is 31.4 Å². The van der Waals surface area contributed by atoms with E-state index in [1.807, 2.05) is 24.3 Å². The van der Waals surface area contributed by atoms with E-state index in [0.29, 0.717) is 16.9 Å². The van der Waals surface area contributed by atoms with Gasteiger partial charge in [-0.1, -0.05) is 57.2 Å². The highest BCUT2D eigenvalue weighted by molar-refractivity contribution is 5.85. The minimum atomic E-state index is -1.07. The molecule has 3 aromatic rings. The van der Waals surface area contributed by atoms with E-state index in [1.54, 1.807) is 45.0 Å². The maximum absolute atomic E-state index is 13.7. The molecule has 1 amide bonds. The van der Waals surface area contributed by atoms with Crippen molar-refractivity contribution < 1.29 is 33.0 Å². The Kier molecular flexibility index (Phi) is 8.29. The predicted octanol–water partition coefficient (Wildman–Crippen LogP) is 5.68. The zero-order chi connectivity index (χ0) is 26.5. The summed E-state index contributed by atoms with van der Waals surface area (Å²) >= 11 is 0. The third-order valence-corrected chi connectivity index (χ3v) is 5.43. The summed E-state index contributed by atoms with van der Waals surface area (Å²) < 4.78 is 38.3. The molecule has 0 aliphatic rings. The summed E-state index contributed by atoms with van der Waals surface area (Å²) in [6.07, 6.45) is 0. The van der Waals surface area contributed by atoms with Crippen molar-refractivity contribution in [2.24, 2.45) is 5.41 Å². The lowest BCUT2D eigenvalue weighted by molar-refractivity contribution is -0.148. The van der Waals surface area contributed by atoms with Gasteiger partial charge in [-0.15, -0.1) is 0 Å². The Morgan fingerprint density at radius 3 is 2.19 bits per heavy atom. The Morgan fingerprint density at radius 1 is 0.944 bits per heavy atom. The second-order valence-corrected chi connectivity index (χ2v) is 9.40. The van der Waals surface area contributed by atoms with E-state index >= 15 is 0 Å². The van der Waals surface area contributed by atoms with Crippen molar-refractivity contribution in [2.75, 3.05) is 13.7 Å². The van der Waals surface area contributed by atoms with Crippen LogP contribution < -0.4 is 9.47 Å². The fraction of sp³-hybridized carbons (Fsp3) is 0.286. The van der Waals surface area contributed by atoms with E-state index in [9.17, 15) is 23.5 Å². The smallest absolute Gasteiger partial charge is 0.323 e. The van der Waals surface area contributed by atoms with Crippen molar-refractivity contribution in [3.63, 3.8) is 0 Å². The maximum Gasteiger partial charge on any atom is 0.323 e. The Morgan fingerprint density at radius 2 is 1.58 bits per heavy atom. The summed E-state index contributed by atoms with van der Waals surface area (Å²) in [5, 5.41) is 9.23. The van der Waals surface area contributed by atoms with Crippen LogP contribution in [0.5, 0.6) is 11.5 Å². The first-order chi connectivity index (χ1) is 17.0. The van der Waals surface area contributed by atoms with Crippen LogP contribution in [0.25, 0.3) is 11.1 Å². The number of hydrogen-bond donors (Lipinski definition) is 1. The Bertz CT molecular complexity index is 1240. The minimum absolute atomic E-state index is 0.168. The van der Waals surface area contributed by atoms with Crippen molar-refractivity contribution in [1.82, 2.24) is 4.90 Å². The van der Waals surface area contributed by atoms with Crippen LogP contribution in [0.15, 0.2) is 60.7 Å². The largest absolute Gasteiger partial charge is 0.496 e. The molecule has 36 heavy (non-hydrogen) atoms. The molecule has 0 aliphatic carbocycles. The molecule has 8 heteroatoms. The van der Waals surface area contributed by atoms with Gasteiger partial charge in [0, 0.05) is 23.6 Å². The molecule has 0 radical (unpaired) electrons. The maximum atomic E-state index is 13.7. The second-order valence-electron chi connectivity index (χ2n) is 9.40. The first kappa shape index (κ1) is 26.7. The van der Waals surface area contributed by atoms with Crippen LogP contribution in [0.4, 0.5) is 8.78 Å². The third-order valence-electron chi connectivity index (χ3n) is 5.43. The number of nitrogens with zero attached hydrogens (tertiary/aromatic N) is 1. The molecule has 3 rings (SSSR count). The second kappa shape index (κ2) is 11.2. The summed E-state index contributed by atoms with van der Waals surface area (Å²) in [6.45, 7) is 5.29. The number of aliphatic carboxylic acids is 1. The summed E-state index contributed by atoms with van der Waals surface area (Å²) in [7, 11) is 1.39.